The lowest BCUT2D eigenvalue weighted by atomic mass is 10.2. The highest BCUT2D eigenvalue weighted by Crippen LogP contribution is 2.32. The molecule has 6 nitrogen and oxygen atoms in total. The van der Waals surface area contributed by atoms with Crippen LogP contribution in [0.25, 0.3) is 11.2 Å². The first-order valence-corrected chi connectivity index (χ1v) is 7.12. The third-order valence-electron chi connectivity index (χ3n) is 3.75. The van der Waals surface area contributed by atoms with Gasteiger partial charge in [0.25, 0.3) is 0 Å². The Morgan fingerprint density at radius 3 is 2.86 bits per heavy atom. The van der Waals surface area contributed by atoms with Crippen molar-refractivity contribution in [1.29, 1.82) is 0 Å². The summed E-state index contributed by atoms with van der Waals surface area (Å²) in [7, 11) is 0. The molecule has 0 aromatic carbocycles. The van der Waals surface area contributed by atoms with Crippen molar-refractivity contribution in [2.24, 2.45) is 0 Å². The van der Waals surface area contributed by atoms with Gasteiger partial charge in [0.15, 0.2) is 5.65 Å². The van der Waals surface area contributed by atoms with Crippen molar-refractivity contribution in [1.82, 2.24) is 29.3 Å². The number of allylic oxidation sites excluding steroid dienone is 2. The highest BCUT2D eigenvalue weighted by Gasteiger charge is 2.23. The van der Waals surface area contributed by atoms with Gasteiger partial charge in [-0.25, -0.2) is 9.97 Å². The molecule has 0 bridgehead atoms. The van der Waals surface area contributed by atoms with Crippen LogP contribution in [0, 0.1) is 6.92 Å². The molecule has 0 radical (unpaired) electrons. The molecule has 0 aliphatic heterocycles. The van der Waals surface area contributed by atoms with Crippen LogP contribution in [-0.4, -0.2) is 29.3 Å². The predicted molar refractivity (Wildman–Crippen MR) is 79.1 cm³/mol. The molecule has 0 unspecified atom stereocenters. The zero-order chi connectivity index (χ0) is 14.4. The first-order chi connectivity index (χ1) is 10.2. The van der Waals surface area contributed by atoms with E-state index in [4.69, 9.17) is 11.6 Å². The van der Waals surface area contributed by atoms with E-state index in [9.17, 15) is 0 Å². The third-order valence-corrected chi connectivity index (χ3v) is 3.93. The first-order valence-electron chi connectivity index (χ1n) is 6.75. The molecular weight excluding hydrogens is 288 g/mol. The fourth-order valence-corrected chi connectivity index (χ4v) is 2.86. The number of halogens is 1. The Kier molecular flexibility index (Phi) is 2.78. The van der Waals surface area contributed by atoms with Crippen LogP contribution >= 0.6 is 11.6 Å². The zero-order valence-electron chi connectivity index (χ0n) is 11.4. The largest absolute Gasteiger partial charge is 0.308 e. The van der Waals surface area contributed by atoms with E-state index < -0.39 is 0 Å². The molecule has 21 heavy (non-hydrogen) atoms. The lowest BCUT2D eigenvalue weighted by Crippen LogP contribution is -2.09. The predicted octanol–water partition coefficient (Wildman–Crippen LogP) is 2.73. The zero-order valence-corrected chi connectivity index (χ0v) is 12.1. The van der Waals surface area contributed by atoms with E-state index in [1.165, 1.54) is 5.56 Å². The van der Waals surface area contributed by atoms with Gasteiger partial charge in [0.05, 0.1) is 30.8 Å². The van der Waals surface area contributed by atoms with E-state index in [0.29, 0.717) is 0 Å². The number of hydrogen-bond donors (Lipinski definition) is 0. The van der Waals surface area contributed by atoms with E-state index in [1.807, 2.05) is 22.4 Å². The quantitative estimate of drug-likeness (QED) is 0.539. The Morgan fingerprint density at radius 2 is 2.05 bits per heavy atom. The molecule has 7 heteroatoms. The SMILES string of the molecule is Cc1cnn([C@@H]2C=C[C@H](n3cnc4cnc(Cl)nc43)C2)c1. The maximum atomic E-state index is 5.89. The molecule has 1 aliphatic carbocycles. The normalized spacial score (nSPS) is 21.4. The molecule has 0 saturated carbocycles. The summed E-state index contributed by atoms with van der Waals surface area (Å²) in [6, 6.07) is 0.467. The number of rotatable bonds is 2. The molecule has 0 amide bonds. The number of imidazole rings is 1. The molecule has 0 N–H and O–H groups in total. The van der Waals surface area contributed by atoms with Gasteiger partial charge in [-0.3, -0.25) is 4.68 Å². The van der Waals surface area contributed by atoms with Crippen molar-refractivity contribution >= 4 is 22.8 Å². The maximum Gasteiger partial charge on any atom is 0.224 e. The fourth-order valence-electron chi connectivity index (χ4n) is 2.73. The number of hydrogen-bond acceptors (Lipinski definition) is 4. The molecule has 3 heterocycles. The number of aryl methyl sites for hydroxylation is 1. The smallest absolute Gasteiger partial charge is 0.224 e. The van der Waals surface area contributed by atoms with Gasteiger partial charge in [-0.2, -0.15) is 10.1 Å². The van der Waals surface area contributed by atoms with Crippen molar-refractivity contribution in [3.8, 4) is 0 Å². The Balaban J connectivity index is 1.65. The third kappa shape index (κ3) is 2.12. The van der Waals surface area contributed by atoms with Gasteiger partial charge >= 0.3 is 0 Å². The maximum absolute atomic E-state index is 5.89. The molecule has 2 atom stereocenters. The minimum absolute atomic E-state index is 0.204. The second kappa shape index (κ2) is 4.66. The standard InChI is InChI=1S/C14H13ClN6/c1-9-5-18-21(7-9)11-3-2-10(4-11)20-8-17-12-6-16-14(15)19-13(12)20/h2-3,5-8,10-11H,4H2,1H3/t10-,11+/m0/s1. The number of aromatic nitrogens is 6. The van der Waals surface area contributed by atoms with E-state index in [1.54, 1.807) is 12.5 Å². The minimum Gasteiger partial charge on any atom is -0.308 e. The lowest BCUT2D eigenvalue weighted by Gasteiger charge is -2.14. The van der Waals surface area contributed by atoms with Crippen LogP contribution in [0.15, 0.2) is 37.1 Å². The van der Waals surface area contributed by atoms with Crippen LogP contribution < -0.4 is 0 Å². The summed E-state index contributed by atoms with van der Waals surface area (Å²) in [4.78, 5) is 12.6. The summed E-state index contributed by atoms with van der Waals surface area (Å²) >= 11 is 5.89. The average Bonchev–Trinajstić information content (AvgIpc) is 3.16. The van der Waals surface area contributed by atoms with E-state index in [-0.39, 0.29) is 17.4 Å². The van der Waals surface area contributed by atoms with Crippen molar-refractivity contribution in [3.63, 3.8) is 0 Å². The molecule has 4 rings (SSSR count). The topological polar surface area (TPSA) is 61.4 Å². The summed E-state index contributed by atoms with van der Waals surface area (Å²) < 4.78 is 4.03. The molecule has 3 aromatic rings. The van der Waals surface area contributed by atoms with Crippen molar-refractivity contribution in [3.05, 3.63) is 47.9 Å². The van der Waals surface area contributed by atoms with Gasteiger partial charge < -0.3 is 4.57 Å². The second-order valence-corrected chi connectivity index (χ2v) is 5.59. The summed E-state index contributed by atoms with van der Waals surface area (Å²) in [5, 5.41) is 4.62. The van der Waals surface area contributed by atoms with Crippen molar-refractivity contribution in [2.75, 3.05) is 0 Å². The van der Waals surface area contributed by atoms with Gasteiger partial charge in [0, 0.05) is 6.20 Å². The minimum atomic E-state index is 0.204. The first kappa shape index (κ1) is 12.5. The Hall–Kier alpha value is -2.21. The van der Waals surface area contributed by atoms with Crippen molar-refractivity contribution < 1.29 is 0 Å². The lowest BCUT2D eigenvalue weighted by molar-refractivity contribution is 0.465. The highest BCUT2D eigenvalue weighted by atomic mass is 35.5. The molecule has 1 aliphatic rings. The van der Waals surface area contributed by atoms with Gasteiger partial charge in [0.1, 0.15) is 5.52 Å². The highest BCUT2D eigenvalue weighted by molar-refractivity contribution is 6.28. The van der Waals surface area contributed by atoms with Crippen LogP contribution in [0.5, 0.6) is 0 Å². The van der Waals surface area contributed by atoms with Gasteiger partial charge in [-0.05, 0) is 30.5 Å². The summed E-state index contributed by atoms with van der Waals surface area (Å²) in [6.07, 6.45) is 12.6. The van der Waals surface area contributed by atoms with Crippen LogP contribution in [0.2, 0.25) is 5.28 Å². The van der Waals surface area contributed by atoms with E-state index in [2.05, 4.69) is 38.4 Å². The molecule has 0 saturated heterocycles. The van der Waals surface area contributed by atoms with Crippen LogP contribution in [0.3, 0.4) is 0 Å². The van der Waals surface area contributed by atoms with E-state index in [0.717, 1.165) is 17.6 Å². The average molecular weight is 301 g/mol. The number of fused-ring (bicyclic) bond motifs is 1. The van der Waals surface area contributed by atoms with Gasteiger partial charge in [-0.1, -0.05) is 12.2 Å². The van der Waals surface area contributed by atoms with Crippen LogP contribution in [-0.2, 0) is 0 Å². The van der Waals surface area contributed by atoms with Crippen LogP contribution in [0.4, 0.5) is 0 Å². The fraction of sp³-hybridized carbons (Fsp3) is 0.286. The van der Waals surface area contributed by atoms with E-state index >= 15 is 0 Å². The summed E-state index contributed by atoms with van der Waals surface area (Å²) in [5.74, 6) is 0. The van der Waals surface area contributed by atoms with Crippen LogP contribution in [0.1, 0.15) is 24.1 Å². The summed E-state index contributed by atoms with van der Waals surface area (Å²) in [6.45, 7) is 2.04. The number of nitrogens with zero attached hydrogens (tertiary/aromatic N) is 6. The molecular formula is C14H13ClN6. The van der Waals surface area contributed by atoms with Crippen molar-refractivity contribution in [2.45, 2.75) is 25.4 Å². The van der Waals surface area contributed by atoms with Gasteiger partial charge in [0.2, 0.25) is 5.28 Å². The molecule has 0 spiro atoms. The molecule has 3 aromatic heterocycles. The van der Waals surface area contributed by atoms with Gasteiger partial charge in [-0.15, -0.1) is 0 Å². The summed E-state index contributed by atoms with van der Waals surface area (Å²) in [5.41, 5.74) is 2.69. The Morgan fingerprint density at radius 1 is 1.19 bits per heavy atom. The molecule has 0 fully saturated rings. The second-order valence-electron chi connectivity index (χ2n) is 5.25. The Bertz CT molecular complexity index is 833. The Labute approximate surface area is 126 Å². The molecule has 106 valence electrons. The monoisotopic (exact) mass is 300 g/mol.